The minimum atomic E-state index is 0.798. The van der Waals surface area contributed by atoms with E-state index in [4.69, 9.17) is 5.21 Å². The van der Waals surface area contributed by atoms with Crippen molar-refractivity contribution in [1.82, 2.24) is 10.2 Å². The quantitative estimate of drug-likeness (QED) is 0.554. The van der Waals surface area contributed by atoms with E-state index < -0.39 is 0 Å². The molecular formula is C10H14N4O. The van der Waals surface area contributed by atoms with Crippen molar-refractivity contribution in [3.63, 3.8) is 0 Å². The standard InChI is InChI=1S/C10H14N4O/c1-8-6-10(12-11-7-8)14-4-2-9(13-15)3-5-14/h6-7,15H,2-5H2,1H3. The molecule has 0 atom stereocenters. The van der Waals surface area contributed by atoms with E-state index >= 15 is 0 Å². The molecule has 1 N–H and O–H groups in total. The fourth-order valence-electron chi connectivity index (χ4n) is 1.70. The molecule has 0 amide bonds. The third-order valence-electron chi connectivity index (χ3n) is 2.58. The number of aryl methyl sites for hydroxylation is 1. The molecule has 2 rings (SSSR count). The lowest BCUT2D eigenvalue weighted by atomic mass is 10.1. The molecule has 1 aliphatic rings. The fraction of sp³-hybridized carbons (Fsp3) is 0.500. The van der Waals surface area contributed by atoms with Crippen LogP contribution in [0.2, 0.25) is 0 Å². The molecule has 15 heavy (non-hydrogen) atoms. The Morgan fingerprint density at radius 1 is 1.40 bits per heavy atom. The third-order valence-corrected chi connectivity index (χ3v) is 2.58. The van der Waals surface area contributed by atoms with Crippen LogP contribution in [0.3, 0.4) is 0 Å². The number of nitrogens with zero attached hydrogens (tertiary/aromatic N) is 4. The summed E-state index contributed by atoms with van der Waals surface area (Å²) in [6, 6.07) is 2.02. The molecular weight excluding hydrogens is 192 g/mol. The van der Waals surface area contributed by atoms with Crippen LogP contribution in [0.25, 0.3) is 0 Å². The summed E-state index contributed by atoms with van der Waals surface area (Å²) >= 11 is 0. The predicted octanol–water partition coefficient (Wildman–Crippen LogP) is 1.22. The summed E-state index contributed by atoms with van der Waals surface area (Å²) in [6.45, 7) is 3.69. The van der Waals surface area contributed by atoms with Crippen LogP contribution in [0.15, 0.2) is 17.4 Å². The van der Waals surface area contributed by atoms with Crippen molar-refractivity contribution in [2.75, 3.05) is 18.0 Å². The van der Waals surface area contributed by atoms with Gasteiger partial charge in [-0.25, -0.2) is 0 Å². The molecule has 1 saturated heterocycles. The summed E-state index contributed by atoms with van der Waals surface area (Å²) in [7, 11) is 0. The second-order valence-electron chi connectivity index (χ2n) is 3.74. The highest BCUT2D eigenvalue weighted by molar-refractivity contribution is 5.85. The Labute approximate surface area is 88.4 Å². The van der Waals surface area contributed by atoms with Gasteiger partial charge in [0.15, 0.2) is 5.82 Å². The Kier molecular flexibility index (Phi) is 2.80. The monoisotopic (exact) mass is 206 g/mol. The Hall–Kier alpha value is -1.65. The normalized spacial score (nSPS) is 16.6. The van der Waals surface area contributed by atoms with Crippen molar-refractivity contribution in [2.24, 2.45) is 5.16 Å². The molecule has 0 spiro atoms. The zero-order chi connectivity index (χ0) is 10.7. The lowest BCUT2D eigenvalue weighted by Crippen LogP contribution is -2.34. The van der Waals surface area contributed by atoms with Gasteiger partial charge in [0.2, 0.25) is 0 Å². The number of aromatic nitrogens is 2. The SMILES string of the molecule is Cc1cnnc(N2CCC(=NO)CC2)c1. The number of rotatable bonds is 1. The lowest BCUT2D eigenvalue weighted by Gasteiger charge is -2.27. The van der Waals surface area contributed by atoms with Crippen LogP contribution in [-0.2, 0) is 0 Å². The molecule has 0 unspecified atom stereocenters. The molecule has 0 saturated carbocycles. The van der Waals surface area contributed by atoms with Crippen molar-refractivity contribution >= 4 is 11.5 Å². The van der Waals surface area contributed by atoms with E-state index in [-0.39, 0.29) is 0 Å². The number of piperidine rings is 1. The van der Waals surface area contributed by atoms with Gasteiger partial charge in [-0.05, 0) is 18.6 Å². The Morgan fingerprint density at radius 2 is 2.13 bits per heavy atom. The lowest BCUT2D eigenvalue weighted by molar-refractivity contribution is 0.315. The second-order valence-corrected chi connectivity index (χ2v) is 3.74. The van der Waals surface area contributed by atoms with Gasteiger partial charge in [0.05, 0.1) is 11.9 Å². The van der Waals surface area contributed by atoms with Crippen LogP contribution in [-0.4, -0.2) is 34.2 Å². The first-order valence-corrected chi connectivity index (χ1v) is 5.03. The van der Waals surface area contributed by atoms with Gasteiger partial charge >= 0.3 is 0 Å². The van der Waals surface area contributed by atoms with E-state index in [2.05, 4.69) is 20.3 Å². The van der Waals surface area contributed by atoms with E-state index in [0.29, 0.717) is 0 Å². The van der Waals surface area contributed by atoms with Gasteiger partial charge in [-0.3, -0.25) is 0 Å². The predicted molar refractivity (Wildman–Crippen MR) is 57.4 cm³/mol. The molecule has 0 aromatic carbocycles. The van der Waals surface area contributed by atoms with Gasteiger partial charge in [-0.2, -0.15) is 5.10 Å². The van der Waals surface area contributed by atoms with Gasteiger partial charge in [0, 0.05) is 25.9 Å². The molecule has 1 aliphatic heterocycles. The van der Waals surface area contributed by atoms with Crippen molar-refractivity contribution in [3.8, 4) is 0 Å². The van der Waals surface area contributed by atoms with Crippen LogP contribution < -0.4 is 4.90 Å². The molecule has 80 valence electrons. The first kappa shape index (κ1) is 9.89. The van der Waals surface area contributed by atoms with Crippen LogP contribution in [0.4, 0.5) is 5.82 Å². The van der Waals surface area contributed by atoms with Crippen molar-refractivity contribution < 1.29 is 5.21 Å². The number of hydrogen-bond acceptors (Lipinski definition) is 5. The van der Waals surface area contributed by atoms with E-state index in [1.807, 2.05) is 13.0 Å². The second kappa shape index (κ2) is 4.25. The topological polar surface area (TPSA) is 61.6 Å². The molecule has 1 fully saturated rings. The van der Waals surface area contributed by atoms with Gasteiger partial charge in [0.25, 0.3) is 0 Å². The third kappa shape index (κ3) is 2.23. The first-order chi connectivity index (χ1) is 7.29. The minimum Gasteiger partial charge on any atom is -0.411 e. The molecule has 5 heteroatoms. The van der Waals surface area contributed by atoms with E-state index in [1.54, 1.807) is 6.20 Å². The Balaban J connectivity index is 2.07. The summed E-state index contributed by atoms with van der Waals surface area (Å²) in [5.74, 6) is 0.909. The largest absolute Gasteiger partial charge is 0.411 e. The zero-order valence-corrected chi connectivity index (χ0v) is 8.72. The highest BCUT2D eigenvalue weighted by Gasteiger charge is 2.16. The van der Waals surface area contributed by atoms with Crippen molar-refractivity contribution in [1.29, 1.82) is 0 Å². The van der Waals surface area contributed by atoms with Crippen LogP contribution in [0, 0.1) is 6.92 Å². The van der Waals surface area contributed by atoms with Gasteiger partial charge in [0.1, 0.15) is 0 Å². The van der Waals surface area contributed by atoms with Gasteiger partial charge in [-0.15, -0.1) is 5.10 Å². The fourth-order valence-corrected chi connectivity index (χ4v) is 1.70. The van der Waals surface area contributed by atoms with Gasteiger partial charge < -0.3 is 10.1 Å². The maximum atomic E-state index is 8.63. The molecule has 2 heterocycles. The number of hydrogen-bond donors (Lipinski definition) is 1. The van der Waals surface area contributed by atoms with Crippen molar-refractivity contribution in [2.45, 2.75) is 19.8 Å². The van der Waals surface area contributed by atoms with E-state index in [9.17, 15) is 0 Å². The summed E-state index contributed by atoms with van der Waals surface area (Å²) in [4.78, 5) is 2.16. The number of oxime groups is 1. The Morgan fingerprint density at radius 3 is 2.73 bits per heavy atom. The maximum absolute atomic E-state index is 8.63. The van der Waals surface area contributed by atoms with Crippen LogP contribution in [0.1, 0.15) is 18.4 Å². The van der Waals surface area contributed by atoms with Crippen LogP contribution in [0.5, 0.6) is 0 Å². The molecule has 1 aromatic rings. The average molecular weight is 206 g/mol. The smallest absolute Gasteiger partial charge is 0.151 e. The highest BCUT2D eigenvalue weighted by atomic mass is 16.4. The molecule has 1 aromatic heterocycles. The summed E-state index contributed by atoms with van der Waals surface area (Å²) < 4.78 is 0. The summed E-state index contributed by atoms with van der Waals surface area (Å²) in [5.41, 5.74) is 1.98. The van der Waals surface area contributed by atoms with Gasteiger partial charge in [-0.1, -0.05) is 5.16 Å². The van der Waals surface area contributed by atoms with E-state index in [0.717, 1.165) is 43.0 Å². The summed E-state index contributed by atoms with van der Waals surface area (Å²) in [6.07, 6.45) is 3.34. The zero-order valence-electron chi connectivity index (χ0n) is 8.72. The van der Waals surface area contributed by atoms with Crippen LogP contribution >= 0.6 is 0 Å². The van der Waals surface area contributed by atoms with E-state index in [1.165, 1.54) is 0 Å². The highest BCUT2D eigenvalue weighted by Crippen LogP contribution is 2.16. The minimum absolute atomic E-state index is 0.798. The molecule has 0 bridgehead atoms. The first-order valence-electron chi connectivity index (χ1n) is 5.03. The molecule has 0 aliphatic carbocycles. The Bertz CT molecular complexity index is 367. The van der Waals surface area contributed by atoms with Crippen molar-refractivity contribution in [3.05, 3.63) is 17.8 Å². The summed E-state index contributed by atoms with van der Waals surface area (Å²) in [5, 5.41) is 19.9. The molecule has 0 radical (unpaired) electrons. The molecule has 5 nitrogen and oxygen atoms in total. The average Bonchev–Trinajstić information content (AvgIpc) is 2.29. The number of anilines is 1. The maximum Gasteiger partial charge on any atom is 0.151 e.